The minimum absolute atomic E-state index is 0.0545. The van der Waals surface area contributed by atoms with Crippen molar-refractivity contribution in [2.75, 3.05) is 18.0 Å². The molecular weight excluding hydrogens is 378 g/mol. The maximum Gasteiger partial charge on any atom is 0.259 e. The van der Waals surface area contributed by atoms with Crippen LogP contribution in [0.1, 0.15) is 43.1 Å². The Labute approximate surface area is 169 Å². The van der Waals surface area contributed by atoms with E-state index >= 15 is 0 Å². The number of hydrogen-bond acceptors (Lipinski definition) is 4. The number of rotatable bonds is 3. The number of carbonyl (C=O) groups excluding carboxylic acids is 2. The average Bonchev–Trinajstić information content (AvgIpc) is 3.17. The summed E-state index contributed by atoms with van der Waals surface area (Å²) >= 11 is 6.16. The van der Waals surface area contributed by atoms with Crippen molar-refractivity contribution in [3.8, 4) is 5.75 Å². The van der Waals surface area contributed by atoms with Crippen LogP contribution in [0.2, 0.25) is 5.02 Å². The number of fused-ring (bicyclic) bond motifs is 1. The molecule has 0 bridgehead atoms. The van der Waals surface area contributed by atoms with E-state index in [-0.39, 0.29) is 17.9 Å². The highest BCUT2D eigenvalue weighted by Crippen LogP contribution is 2.43. The van der Waals surface area contributed by atoms with Gasteiger partial charge < -0.3 is 9.64 Å². The Kier molecular flexibility index (Phi) is 4.54. The van der Waals surface area contributed by atoms with E-state index in [9.17, 15) is 9.59 Å². The highest BCUT2D eigenvalue weighted by atomic mass is 35.5. The first-order valence-corrected chi connectivity index (χ1v) is 9.67. The molecule has 1 saturated heterocycles. The lowest BCUT2D eigenvalue weighted by molar-refractivity contribution is -0.128. The Morgan fingerprint density at radius 2 is 2.07 bits per heavy atom. The monoisotopic (exact) mass is 399 g/mol. The van der Waals surface area contributed by atoms with Crippen LogP contribution in [0.3, 0.4) is 0 Å². The molecule has 2 aromatic rings. The number of nitrogens with zero attached hydrogens (tertiary/aromatic N) is 3. The molecular formula is C21H22ClN3O3. The number of amides is 2. The maximum atomic E-state index is 13.1. The highest BCUT2D eigenvalue weighted by molar-refractivity contribution is 6.31. The normalized spacial score (nSPS) is 20.4. The lowest BCUT2D eigenvalue weighted by atomic mass is 9.93. The molecule has 2 amide bonds. The smallest absolute Gasteiger partial charge is 0.259 e. The van der Waals surface area contributed by atoms with Crippen molar-refractivity contribution in [2.45, 2.75) is 38.8 Å². The summed E-state index contributed by atoms with van der Waals surface area (Å²) in [5, 5.41) is 0.605. The molecule has 1 atom stereocenters. The van der Waals surface area contributed by atoms with E-state index in [0.29, 0.717) is 35.1 Å². The second-order valence-corrected chi connectivity index (χ2v) is 8.20. The number of carbonyl (C=O) groups is 2. The van der Waals surface area contributed by atoms with Crippen molar-refractivity contribution in [1.29, 1.82) is 0 Å². The molecule has 0 radical (unpaired) electrons. The highest BCUT2D eigenvalue weighted by Gasteiger charge is 2.44. The zero-order valence-corrected chi connectivity index (χ0v) is 16.9. The van der Waals surface area contributed by atoms with Crippen LogP contribution in [-0.4, -0.2) is 40.9 Å². The van der Waals surface area contributed by atoms with Crippen LogP contribution in [0, 0.1) is 0 Å². The quantitative estimate of drug-likeness (QED) is 0.790. The van der Waals surface area contributed by atoms with Gasteiger partial charge in [-0.15, -0.1) is 0 Å². The summed E-state index contributed by atoms with van der Waals surface area (Å²) in [6.07, 6.45) is 4.01. The summed E-state index contributed by atoms with van der Waals surface area (Å²) in [5.41, 5.74) is 1.65. The molecule has 146 valence electrons. The van der Waals surface area contributed by atoms with Gasteiger partial charge >= 0.3 is 0 Å². The fourth-order valence-electron chi connectivity index (χ4n) is 4.04. The van der Waals surface area contributed by atoms with E-state index < -0.39 is 5.54 Å². The zero-order valence-electron chi connectivity index (χ0n) is 16.1. The summed E-state index contributed by atoms with van der Waals surface area (Å²) in [4.78, 5) is 32.4. The molecule has 0 unspecified atom stereocenters. The van der Waals surface area contributed by atoms with Crippen LogP contribution < -0.4 is 9.64 Å². The molecule has 0 saturated carbocycles. The Morgan fingerprint density at radius 3 is 2.79 bits per heavy atom. The second-order valence-electron chi connectivity index (χ2n) is 7.76. The van der Waals surface area contributed by atoms with Gasteiger partial charge in [-0.25, -0.2) is 0 Å². The lowest BCUT2D eigenvalue weighted by Gasteiger charge is -2.32. The molecule has 0 aliphatic carbocycles. The molecule has 1 fully saturated rings. The van der Waals surface area contributed by atoms with Crippen molar-refractivity contribution in [3.05, 3.63) is 52.8 Å². The fourth-order valence-corrected chi connectivity index (χ4v) is 4.21. The standard InChI is InChI=1S/C21H22ClN3O3/c1-13(26)24-7-6-16(12-24)28-17-9-15(10-23-11-17)25-20(27)18-5-4-14(22)8-19(18)21(25,2)3/h4-5,8-11,16H,6-7,12H2,1-3H3/t16-/m1/s1. The first-order chi connectivity index (χ1) is 13.3. The van der Waals surface area contributed by atoms with Gasteiger partial charge in [0.25, 0.3) is 5.91 Å². The molecule has 3 heterocycles. The Bertz CT molecular complexity index is 960. The largest absolute Gasteiger partial charge is 0.487 e. The van der Waals surface area contributed by atoms with Crippen molar-refractivity contribution in [3.63, 3.8) is 0 Å². The summed E-state index contributed by atoms with van der Waals surface area (Å²) in [5.74, 6) is 0.559. The van der Waals surface area contributed by atoms with Gasteiger partial charge in [-0.3, -0.25) is 19.5 Å². The third-order valence-corrected chi connectivity index (χ3v) is 5.72. The van der Waals surface area contributed by atoms with Gasteiger partial charge in [0.1, 0.15) is 11.9 Å². The van der Waals surface area contributed by atoms with Crippen molar-refractivity contribution >= 4 is 29.1 Å². The van der Waals surface area contributed by atoms with E-state index in [0.717, 1.165) is 12.0 Å². The molecule has 0 spiro atoms. The van der Waals surface area contributed by atoms with Crippen LogP contribution in [-0.2, 0) is 10.3 Å². The van der Waals surface area contributed by atoms with E-state index in [1.54, 1.807) is 41.2 Å². The molecule has 0 N–H and O–H groups in total. The molecule has 7 heteroatoms. The first-order valence-electron chi connectivity index (χ1n) is 9.29. The fraction of sp³-hybridized carbons (Fsp3) is 0.381. The van der Waals surface area contributed by atoms with E-state index in [4.69, 9.17) is 16.3 Å². The summed E-state index contributed by atoms with van der Waals surface area (Å²) in [6.45, 7) is 6.80. The Balaban J connectivity index is 1.60. The minimum atomic E-state index is -0.559. The van der Waals surface area contributed by atoms with Crippen LogP contribution in [0.4, 0.5) is 5.69 Å². The molecule has 28 heavy (non-hydrogen) atoms. The average molecular weight is 400 g/mol. The maximum absolute atomic E-state index is 13.1. The summed E-state index contributed by atoms with van der Waals surface area (Å²) < 4.78 is 6.04. The van der Waals surface area contributed by atoms with Gasteiger partial charge in [0.15, 0.2) is 0 Å². The number of halogens is 1. The van der Waals surface area contributed by atoms with Gasteiger partial charge in [-0.2, -0.15) is 0 Å². The van der Waals surface area contributed by atoms with Gasteiger partial charge in [0.05, 0.1) is 30.2 Å². The van der Waals surface area contributed by atoms with Gasteiger partial charge in [0, 0.05) is 36.5 Å². The predicted octanol–water partition coefficient (Wildman–Crippen LogP) is 3.63. The Morgan fingerprint density at radius 1 is 1.29 bits per heavy atom. The molecule has 2 aliphatic heterocycles. The second kappa shape index (κ2) is 6.78. The number of aromatic nitrogens is 1. The van der Waals surface area contributed by atoms with Crippen LogP contribution in [0.25, 0.3) is 0 Å². The molecule has 6 nitrogen and oxygen atoms in total. The zero-order chi connectivity index (χ0) is 20.1. The first kappa shape index (κ1) is 18.7. The van der Waals surface area contributed by atoms with Crippen molar-refractivity contribution in [2.24, 2.45) is 0 Å². The molecule has 2 aliphatic rings. The third kappa shape index (κ3) is 3.11. The molecule has 4 rings (SSSR count). The SMILES string of the molecule is CC(=O)N1CC[C@@H](Oc2cncc(N3C(=O)c4ccc(Cl)cc4C3(C)C)c2)C1. The van der Waals surface area contributed by atoms with Gasteiger partial charge in [-0.05, 0) is 37.6 Å². The van der Waals surface area contributed by atoms with E-state index in [1.165, 1.54) is 0 Å². The molecule has 1 aromatic carbocycles. The summed E-state index contributed by atoms with van der Waals surface area (Å²) in [7, 11) is 0. The minimum Gasteiger partial charge on any atom is -0.487 e. The number of anilines is 1. The Hall–Kier alpha value is -2.60. The predicted molar refractivity (Wildman–Crippen MR) is 107 cm³/mol. The van der Waals surface area contributed by atoms with Crippen molar-refractivity contribution in [1.82, 2.24) is 9.88 Å². The van der Waals surface area contributed by atoms with Crippen LogP contribution in [0.15, 0.2) is 36.7 Å². The number of likely N-dealkylation sites (tertiary alicyclic amines) is 1. The number of hydrogen-bond donors (Lipinski definition) is 0. The number of ether oxygens (including phenoxy) is 1. The van der Waals surface area contributed by atoms with Crippen LogP contribution >= 0.6 is 11.6 Å². The van der Waals surface area contributed by atoms with E-state index in [2.05, 4.69) is 4.98 Å². The van der Waals surface area contributed by atoms with Crippen molar-refractivity contribution < 1.29 is 14.3 Å². The van der Waals surface area contributed by atoms with Gasteiger partial charge in [0.2, 0.25) is 5.91 Å². The lowest BCUT2D eigenvalue weighted by Crippen LogP contribution is -2.39. The summed E-state index contributed by atoms with van der Waals surface area (Å²) in [6, 6.07) is 7.18. The topological polar surface area (TPSA) is 62.7 Å². The third-order valence-electron chi connectivity index (χ3n) is 5.48. The van der Waals surface area contributed by atoms with E-state index in [1.807, 2.05) is 26.0 Å². The van der Waals surface area contributed by atoms with Gasteiger partial charge in [-0.1, -0.05) is 11.6 Å². The molecule has 1 aromatic heterocycles. The van der Waals surface area contributed by atoms with Crippen LogP contribution in [0.5, 0.6) is 5.75 Å². The number of pyridine rings is 1. The number of benzene rings is 1.